The molecule has 1 aromatic rings. The molecule has 0 aromatic heterocycles. The Balaban J connectivity index is 2.58. The topological polar surface area (TPSA) is 46.2 Å². The van der Waals surface area contributed by atoms with Crippen molar-refractivity contribution in [3.05, 3.63) is 35.4 Å². The van der Waals surface area contributed by atoms with Gasteiger partial charge in [0.15, 0.2) is 0 Å². The van der Waals surface area contributed by atoms with Gasteiger partial charge in [-0.2, -0.15) is 0 Å². The van der Waals surface area contributed by atoms with Crippen LogP contribution in [0, 0.1) is 6.92 Å². The fraction of sp³-hybridized carbons (Fsp3) is 0.500. The Morgan fingerprint density at radius 3 is 2.37 bits per heavy atom. The normalized spacial score (nSPS) is 11.2. The summed E-state index contributed by atoms with van der Waals surface area (Å²) in [6.07, 6.45) is 0.593. The van der Waals surface area contributed by atoms with Crippen LogP contribution in [-0.2, 0) is 15.0 Å². The van der Waals surface area contributed by atoms with Crippen LogP contribution in [0.4, 0.5) is 0 Å². The Labute approximate surface area is 115 Å². The highest BCUT2D eigenvalue weighted by atomic mass is 16.2. The predicted molar refractivity (Wildman–Crippen MR) is 77.1 cm³/mol. The van der Waals surface area contributed by atoms with Gasteiger partial charge < -0.3 is 10.1 Å². The number of carbonyl (C=O) groups excluding carboxylic acids is 2. The van der Waals surface area contributed by atoms with Gasteiger partial charge in [0.25, 0.3) is 0 Å². The molecule has 0 unspecified atom stereocenters. The summed E-state index contributed by atoms with van der Waals surface area (Å²) in [5, 5.41) is 2.91. The van der Waals surface area contributed by atoms with E-state index in [0.29, 0.717) is 13.0 Å². The Morgan fingerprint density at radius 1 is 1.16 bits per heavy atom. The summed E-state index contributed by atoms with van der Waals surface area (Å²) in [4.78, 5) is 22.5. The van der Waals surface area contributed by atoms with Crippen LogP contribution in [0.3, 0.4) is 0 Å². The van der Waals surface area contributed by atoms with E-state index >= 15 is 0 Å². The van der Waals surface area contributed by atoms with Crippen molar-refractivity contribution in [1.82, 2.24) is 5.32 Å². The first-order chi connectivity index (χ1) is 8.83. The van der Waals surface area contributed by atoms with Crippen LogP contribution in [0.1, 0.15) is 44.7 Å². The second kappa shape index (κ2) is 6.50. The molecule has 1 aromatic carbocycles. The molecule has 0 heterocycles. The molecule has 0 aliphatic heterocycles. The minimum absolute atomic E-state index is 0.0494. The van der Waals surface area contributed by atoms with Crippen LogP contribution in [-0.4, -0.2) is 18.2 Å². The number of nitrogens with one attached hydrogen (secondary N) is 1. The second-order valence-corrected chi connectivity index (χ2v) is 5.68. The van der Waals surface area contributed by atoms with E-state index in [1.165, 1.54) is 18.1 Å². The van der Waals surface area contributed by atoms with Gasteiger partial charge in [-0.3, -0.25) is 4.79 Å². The third-order valence-electron chi connectivity index (χ3n) is 3.31. The van der Waals surface area contributed by atoms with E-state index in [2.05, 4.69) is 38.2 Å². The number of hydrogen-bond donors (Lipinski definition) is 1. The van der Waals surface area contributed by atoms with E-state index in [1.54, 1.807) is 0 Å². The highest BCUT2D eigenvalue weighted by molar-refractivity contribution is 5.83. The summed E-state index contributed by atoms with van der Waals surface area (Å²) >= 11 is 0. The van der Waals surface area contributed by atoms with Crippen molar-refractivity contribution in [1.29, 1.82) is 0 Å². The Kier molecular flexibility index (Phi) is 5.28. The number of hydrogen-bond acceptors (Lipinski definition) is 2. The average Bonchev–Trinajstić information content (AvgIpc) is 2.34. The molecule has 1 rings (SSSR count). The molecule has 0 saturated carbocycles. The first kappa shape index (κ1) is 15.4. The smallest absolute Gasteiger partial charge is 0.220 e. The number of aryl methyl sites for hydroxylation is 1. The first-order valence-corrected chi connectivity index (χ1v) is 6.65. The summed E-state index contributed by atoms with van der Waals surface area (Å²) in [6.45, 7) is 8.38. The zero-order chi connectivity index (χ0) is 14.5. The summed E-state index contributed by atoms with van der Waals surface area (Å²) < 4.78 is 0. The first-order valence-electron chi connectivity index (χ1n) is 6.65. The molecular weight excluding hydrogens is 238 g/mol. The standard InChI is InChI=1S/C16H23NO2/c1-12-7-5-6-8-14(12)16(3,4)11-17-15(19)10-9-13(2)18/h5-8H,9-11H2,1-4H3,(H,17,19). The third-order valence-corrected chi connectivity index (χ3v) is 3.31. The molecule has 0 aliphatic rings. The summed E-state index contributed by atoms with van der Waals surface area (Å²) in [5.74, 6) is -0.00910. The monoisotopic (exact) mass is 261 g/mol. The van der Waals surface area contributed by atoms with Crippen LogP contribution in [0.25, 0.3) is 0 Å². The predicted octanol–water partition coefficient (Wildman–Crippen LogP) is 2.76. The number of amides is 1. The Hall–Kier alpha value is -1.64. The number of rotatable bonds is 6. The number of ketones is 1. The Bertz CT molecular complexity index is 464. The van der Waals surface area contributed by atoms with E-state index in [9.17, 15) is 9.59 Å². The van der Waals surface area contributed by atoms with Crippen molar-refractivity contribution in [2.75, 3.05) is 6.54 Å². The van der Waals surface area contributed by atoms with E-state index in [0.717, 1.165) is 0 Å². The molecule has 0 fully saturated rings. The maximum absolute atomic E-state index is 11.6. The average molecular weight is 261 g/mol. The molecule has 3 heteroatoms. The van der Waals surface area contributed by atoms with Gasteiger partial charge >= 0.3 is 0 Å². The summed E-state index contributed by atoms with van der Waals surface area (Å²) in [7, 11) is 0. The fourth-order valence-corrected chi connectivity index (χ4v) is 2.12. The molecular formula is C16H23NO2. The summed E-state index contributed by atoms with van der Waals surface area (Å²) in [6, 6.07) is 8.20. The fourth-order valence-electron chi connectivity index (χ4n) is 2.12. The van der Waals surface area contributed by atoms with Gasteiger partial charge in [-0.25, -0.2) is 0 Å². The zero-order valence-electron chi connectivity index (χ0n) is 12.2. The molecule has 0 saturated heterocycles. The van der Waals surface area contributed by atoms with Crippen LogP contribution < -0.4 is 5.32 Å². The molecule has 104 valence electrons. The second-order valence-electron chi connectivity index (χ2n) is 5.68. The van der Waals surface area contributed by atoms with Gasteiger partial charge in [0, 0.05) is 24.8 Å². The molecule has 0 aliphatic carbocycles. The highest BCUT2D eigenvalue weighted by Gasteiger charge is 2.22. The minimum Gasteiger partial charge on any atom is -0.355 e. The van der Waals surface area contributed by atoms with E-state index in [4.69, 9.17) is 0 Å². The molecule has 1 N–H and O–H groups in total. The molecule has 0 spiro atoms. The quantitative estimate of drug-likeness (QED) is 0.856. The molecule has 19 heavy (non-hydrogen) atoms. The maximum Gasteiger partial charge on any atom is 0.220 e. The van der Waals surface area contributed by atoms with Crippen LogP contribution in [0.15, 0.2) is 24.3 Å². The Morgan fingerprint density at radius 2 is 1.79 bits per heavy atom. The summed E-state index contributed by atoms with van der Waals surface area (Å²) in [5.41, 5.74) is 2.35. The third kappa shape index (κ3) is 4.86. The lowest BCUT2D eigenvalue weighted by molar-refractivity contribution is -0.124. The van der Waals surface area contributed by atoms with Gasteiger partial charge in [0.2, 0.25) is 5.91 Å². The number of Topliss-reactive ketones (excluding diaryl/α,β-unsaturated/α-hetero) is 1. The molecule has 1 amide bonds. The molecule has 0 bridgehead atoms. The van der Waals surface area contributed by atoms with Crippen molar-refractivity contribution in [2.24, 2.45) is 0 Å². The SMILES string of the molecule is CC(=O)CCC(=O)NCC(C)(C)c1ccccc1C. The van der Waals surface area contributed by atoms with Crippen molar-refractivity contribution >= 4 is 11.7 Å². The lowest BCUT2D eigenvalue weighted by Gasteiger charge is -2.27. The largest absolute Gasteiger partial charge is 0.355 e. The van der Waals surface area contributed by atoms with Crippen LogP contribution >= 0.6 is 0 Å². The number of carbonyl (C=O) groups is 2. The van der Waals surface area contributed by atoms with Crippen molar-refractivity contribution < 1.29 is 9.59 Å². The molecule has 0 atom stereocenters. The molecule has 3 nitrogen and oxygen atoms in total. The van der Waals surface area contributed by atoms with Gasteiger partial charge in [-0.05, 0) is 25.0 Å². The minimum atomic E-state index is -0.114. The van der Waals surface area contributed by atoms with Crippen LogP contribution in [0.2, 0.25) is 0 Å². The van der Waals surface area contributed by atoms with Gasteiger partial charge in [-0.1, -0.05) is 38.1 Å². The van der Waals surface area contributed by atoms with Gasteiger partial charge in [0.1, 0.15) is 5.78 Å². The van der Waals surface area contributed by atoms with Crippen LogP contribution in [0.5, 0.6) is 0 Å². The van der Waals surface area contributed by atoms with E-state index < -0.39 is 0 Å². The van der Waals surface area contributed by atoms with E-state index in [-0.39, 0.29) is 23.5 Å². The lowest BCUT2D eigenvalue weighted by Crippen LogP contribution is -2.37. The number of benzene rings is 1. The van der Waals surface area contributed by atoms with Crippen molar-refractivity contribution in [3.63, 3.8) is 0 Å². The maximum atomic E-state index is 11.6. The zero-order valence-corrected chi connectivity index (χ0v) is 12.2. The van der Waals surface area contributed by atoms with Crippen molar-refractivity contribution in [3.8, 4) is 0 Å². The highest BCUT2D eigenvalue weighted by Crippen LogP contribution is 2.25. The molecule has 0 radical (unpaired) electrons. The van der Waals surface area contributed by atoms with Crippen molar-refractivity contribution in [2.45, 2.75) is 46.0 Å². The van der Waals surface area contributed by atoms with E-state index in [1.807, 2.05) is 12.1 Å². The van der Waals surface area contributed by atoms with Gasteiger partial charge in [0.05, 0.1) is 0 Å². The lowest BCUT2D eigenvalue weighted by atomic mass is 9.82. The van der Waals surface area contributed by atoms with Gasteiger partial charge in [-0.15, -0.1) is 0 Å².